The van der Waals surface area contributed by atoms with E-state index >= 15 is 0 Å². The summed E-state index contributed by atoms with van der Waals surface area (Å²) in [6.07, 6.45) is 7.65. The number of imidazole rings is 1. The van der Waals surface area contributed by atoms with Gasteiger partial charge in [-0.1, -0.05) is 22.8 Å². The number of fused-ring (bicyclic) bond motifs is 2. The molecule has 0 spiro atoms. The third-order valence-corrected chi connectivity index (χ3v) is 8.94. The summed E-state index contributed by atoms with van der Waals surface area (Å²) in [5, 5.41) is 14.2. The molecule has 46 heavy (non-hydrogen) atoms. The highest BCUT2D eigenvalue weighted by atomic mass is 35.5. The van der Waals surface area contributed by atoms with Crippen LogP contribution in [0.3, 0.4) is 0 Å². The Bertz CT molecular complexity index is 1900. The molecule has 0 saturated carbocycles. The second-order valence-electron chi connectivity index (χ2n) is 13.2. The fraction of sp³-hybridized carbons (Fsp3) is 0.485. The number of aromatic nitrogens is 6. The summed E-state index contributed by atoms with van der Waals surface area (Å²) in [4.78, 5) is 24.2. The molecule has 12 nitrogen and oxygen atoms in total. The lowest BCUT2D eigenvalue weighted by molar-refractivity contribution is -0.0365. The van der Waals surface area contributed by atoms with Crippen LogP contribution in [0, 0.1) is 13.8 Å². The van der Waals surface area contributed by atoms with Crippen molar-refractivity contribution in [1.82, 2.24) is 34.2 Å². The Balaban J connectivity index is 1.30. The highest BCUT2D eigenvalue weighted by molar-refractivity contribution is 6.32. The van der Waals surface area contributed by atoms with E-state index < -0.39 is 5.60 Å². The van der Waals surface area contributed by atoms with E-state index in [9.17, 15) is 4.79 Å². The quantitative estimate of drug-likeness (QED) is 0.211. The van der Waals surface area contributed by atoms with Crippen LogP contribution >= 0.6 is 11.6 Å². The molecule has 7 rings (SSSR count). The summed E-state index contributed by atoms with van der Waals surface area (Å²) >= 11 is 7.07. The Labute approximate surface area is 272 Å². The predicted molar refractivity (Wildman–Crippen MR) is 175 cm³/mol. The average Bonchev–Trinajstić information content (AvgIpc) is 3.76. The highest BCUT2D eigenvalue weighted by Crippen LogP contribution is 2.39. The van der Waals surface area contributed by atoms with Gasteiger partial charge in [-0.05, 0) is 84.4 Å². The number of rotatable bonds is 5. The highest BCUT2D eigenvalue weighted by Gasteiger charge is 2.30. The maximum Gasteiger partial charge on any atom is 0.410 e. The average molecular weight is 647 g/mol. The normalized spacial score (nSPS) is 19.2. The molecule has 1 unspecified atom stereocenters. The Hall–Kier alpha value is -4.16. The van der Waals surface area contributed by atoms with Gasteiger partial charge in [0.05, 0.1) is 11.2 Å². The van der Waals surface area contributed by atoms with Crippen molar-refractivity contribution in [2.45, 2.75) is 84.6 Å². The molecule has 2 aliphatic rings. The van der Waals surface area contributed by atoms with Gasteiger partial charge in [0.1, 0.15) is 27.9 Å². The number of ether oxygens (including phenoxy) is 2. The van der Waals surface area contributed by atoms with E-state index in [0.717, 1.165) is 65.6 Å². The van der Waals surface area contributed by atoms with Crippen LogP contribution in [0.5, 0.6) is 0 Å². The van der Waals surface area contributed by atoms with Crippen LogP contribution in [0.2, 0.25) is 5.15 Å². The molecule has 13 heteroatoms. The number of piperidine rings is 1. The molecule has 2 fully saturated rings. The van der Waals surface area contributed by atoms with Gasteiger partial charge in [0.25, 0.3) is 0 Å². The molecule has 1 amide bonds. The van der Waals surface area contributed by atoms with Crippen molar-refractivity contribution in [1.29, 1.82) is 0 Å². The molecule has 1 aromatic carbocycles. The van der Waals surface area contributed by atoms with Gasteiger partial charge >= 0.3 is 6.09 Å². The van der Waals surface area contributed by atoms with E-state index in [1.165, 1.54) is 0 Å². The molecular weight excluding hydrogens is 608 g/mol. The molecular formula is C33H39ClN8O4. The number of aryl methyl sites for hydroxylation is 2. The summed E-state index contributed by atoms with van der Waals surface area (Å²) in [6, 6.07) is 6.18. The summed E-state index contributed by atoms with van der Waals surface area (Å²) in [7, 11) is 0. The first kappa shape index (κ1) is 30.5. The maximum atomic E-state index is 12.9. The number of halogens is 1. The van der Waals surface area contributed by atoms with Crippen molar-refractivity contribution >= 4 is 40.1 Å². The van der Waals surface area contributed by atoms with Gasteiger partial charge in [-0.2, -0.15) is 5.10 Å². The topological polar surface area (TPSA) is 125 Å². The fourth-order valence-corrected chi connectivity index (χ4v) is 6.75. The van der Waals surface area contributed by atoms with Crippen molar-refractivity contribution in [3.05, 3.63) is 47.2 Å². The number of likely N-dealkylation sites (tertiary alicyclic amines) is 1. The fourth-order valence-electron chi connectivity index (χ4n) is 6.49. The van der Waals surface area contributed by atoms with Gasteiger partial charge < -0.3 is 24.2 Å². The van der Waals surface area contributed by atoms with Crippen LogP contribution in [0.25, 0.3) is 39.1 Å². The van der Waals surface area contributed by atoms with Gasteiger partial charge in [0.15, 0.2) is 17.7 Å². The lowest BCUT2D eigenvalue weighted by Gasteiger charge is -2.34. The van der Waals surface area contributed by atoms with Crippen LogP contribution in [0.15, 0.2) is 35.1 Å². The van der Waals surface area contributed by atoms with Crippen LogP contribution in [0.4, 0.5) is 10.6 Å². The molecule has 0 bridgehead atoms. The molecule has 0 aliphatic carbocycles. The van der Waals surface area contributed by atoms with E-state index in [2.05, 4.69) is 33.7 Å². The third kappa shape index (κ3) is 5.68. The van der Waals surface area contributed by atoms with Gasteiger partial charge in [-0.15, -0.1) is 0 Å². The van der Waals surface area contributed by atoms with Crippen LogP contribution in [-0.4, -0.2) is 71.6 Å². The standard InChI is InChI=1S/C33H39ClN8O4/c1-19-26(20(2)46-39-19)21-11-12-23-24(17-21)42(25-10-6-7-16-44-25)38-27(23)28-29(34)41-15-13-35-31(41)30(37-28)36-22-9-8-14-40(18-22)32(43)45-33(3,4)5/h11-13,15,17,22,25H,6-10,14,16,18H2,1-5H3,(H,36,37)/t22-,25?/m0/s1. The van der Waals surface area contributed by atoms with E-state index in [1.807, 2.05) is 49.9 Å². The van der Waals surface area contributed by atoms with Gasteiger partial charge in [-0.25, -0.2) is 19.4 Å². The van der Waals surface area contributed by atoms with E-state index in [-0.39, 0.29) is 18.4 Å². The van der Waals surface area contributed by atoms with Crippen molar-refractivity contribution in [2.24, 2.45) is 0 Å². The number of nitrogens with one attached hydrogen (secondary N) is 1. The summed E-state index contributed by atoms with van der Waals surface area (Å²) in [5.74, 6) is 1.33. The zero-order valence-corrected chi connectivity index (χ0v) is 27.6. The SMILES string of the molecule is Cc1noc(C)c1-c1ccc2c(-c3nc(N[C@H]4CCCN(C(=O)OC(C)(C)C)C4)c4nccn4c3Cl)nn(C3CCCCO3)c2c1. The number of benzene rings is 1. The maximum absolute atomic E-state index is 12.9. The second kappa shape index (κ2) is 11.9. The Morgan fingerprint density at radius 3 is 2.72 bits per heavy atom. The van der Waals surface area contributed by atoms with Crippen LogP contribution in [-0.2, 0) is 9.47 Å². The molecule has 5 aromatic rings. The third-order valence-electron chi connectivity index (χ3n) is 8.58. The summed E-state index contributed by atoms with van der Waals surface area (Å²) in [5.41, 5.74) is 4.92. The van der Waals surface area contributed by atoms with Crippen molar-refractivity contribution in [2.75, 3.05) is 25.0 Å². The zero-order valence-electron chi connectivity index (χ0n) is 26.8. The number of anilines is 1. The largest absolute Gasteiger partial charge is 0.444 e. The number of nitrogens with zero attached hydrogens (tertiary/aromatic N) is 7. The smallest absolute Gasteiger partial charge is 0.410 e. The van der Waals surface area contributed by atoms with E-state index in [1.54, 1.807) is 11.1 Å². The van der Waals surface area contributed by atoms with Crippen LogP contribution < -0.4 is 5.32 Å². The predicted octanol–water partition coefficient (Wildman–Crippen LogP) is 7.18. The first-order chi connectivity index (χ1) is 22.1. The minimum atomic E-state index is -0.561. The molecule has 242 valence electrons. The van der Waals surface area contributed by atoms with Gasteiger partial charge in [0, 0.05) is 49.1 Å². The van der Waals surface area contributed by atoms with Gasteiger partial charge in [0.2, 0.25) is 0 Å². The zero-order chi connectivity index (χ0) is 32.2. The molecule has 2 aliphatic heterocycles. The minimum Gasteiger partial charge on any atom is -0.444 e. The lowest BCUT2D eigenvalue weighted by Crippen LogP contribution is -2.47. The Kier molecular flexibility index (Phi) is 7.88. The first-order valence-electron chi connectivity index (χ1n) is 15.9. The van der Waals surface area contributed by atoms with E-state index in [4.69, 9.17) is 35.7 Å². The number of carbonyl (C=O) groups excluding carboxylic acids is 1. The van der Waals surface area contributed by atoms with Crippen molar-refractivity contribution in [3.8, 4) is 22.5 Å². The molecule has 0 radical (unpaired) electrons. The Morgan fingerprint density at radius 2 is 1.98 bits per heavy atom. The molecule has 6 heterocycles. The molecule has 2 atom stereocenters. The molecule has 2 saturated heterocycles. The Morgan fingerprint density at radius 1 is 1.13 bits per heavy atom. The lowest BCUT2D eigenvalue weighted by atomic mass is 10.0. The second-order valence-corrected chi connectivity index (χ2v) is 13.5. The van der Waals surface area contributed by atoms with Crippen molar-refractivity contribution in [3.63, 3.8) is 0 Å². The summed E-state index contributed by atoms with van der Waals surface area (Å²) in [6.45, 7) is 11.3. The monoisotopic (exact) mass is 646 g/mol. The number of carbonyl (C=O) groups is 1. The minimum absolute atomic E-state index is 0.0501. The number of amides is 1. The molecule has 4 aromatic heterocycles. The van der Waals surface area contributed by atoms with E-state index in [0.29, 0.717) is 47.7 Å². The van der Waals surface area contributed by atoms with Crippen LogP contribution in [0.1, 0.15) is 70.6 Å². The number of hydrogen-bond acceptors (Lipinski definition) is 9. The molecule has 1 N–H and O–H groups in total. The first-order valence-corrected chi connectivity index (χ1v) is 16.3. The number of hydrogen-bond donors (Lipinski definition) is 1. The van der Waals surface area contributed by atoms with Gasteiger partial charge in [-0.3, -0.25) is 4.40 Å². The summed E-state index contributed by atoms with van der Waals surface area (Å²) < 4.78 is 21.1. The van der Waals surface area contributed by atoms with Crippen molar-refractivity contribution < 1.29 is 18.8 Å².